The van der Waals surface area contributed by atoms with E-state index < -0.39 is 0 Å². The van der Waals surface area contributed by atoms with Gasteiger partial charge in [-0.1, -0.05) is 26.8 Å². The van der Waals surface area contributed by atoms with Crippen molar-refractivity contribution in [2.75, 3.05) is 4.90 Å². The lowest BCUT2D eigenvalue weighted by Gasteiger charge is -2.20. The molecule has 2 aromatic rings. The van der Waals surface area contributed by atoms with Crippen LogP contribution in [0.3, 0.4) is 0 Å². The van der Waals surface area contributed by atoms with Crippen LogP contribution in [0, 0.1) is 0 Å². The summed E-state index contributed by atoms with van der Waals surface area (Å²) in [6, 6.07) is 7.27. The SMILES string of the molecule is CC(C)(C)c1cnc(N(Cc2ccccn2)C2CC2)o1. The number of nitrogens with zero attached hydrogens (tertiary/aromatic N) is 3. The van der Waals surface area contributed by atoms with Gasteiger partial charge in [0.05, 0.1) is 18.4 Å². The van der Waals surface area contributed by atoms with Crippen molar-refractivity contribution in [3.63, 3.8) is 0 Å². The highest BCUT2D eigenvalue weighted by Crippen LogP contribution is 2.34. The molecule has 2 aromatic heterocycles. The smallest absolute Gasteiger partial charge is 0.298 e. The second-order valence-electron chi connectivity index (χ2n) is 6.44. The molecule has 0 unspecified atom stereocenters. The van der Waals surface area contributed by atoms with Crippen molar-refractivity contribution in [1.29, 1.82) is 0 Å². The molecule has 0 N–H and O–H groups in total. The summed E-state index contributed by atoms with van der Waals surface area (Å²) < 4.78 is 5.97. The molecule has 20 heavy (non-hydrogen) atoms. The van der Waals surface area contributed by atoms with E-state index >= 15 is 0 Å². The minimum atomic E-state index is -0.00846. The molecule has 1 fully saturated rings. The highest BCUT2D eigenvalue weighted by atomic mass is 16.4. The van der Waals surface area contributed by atoms with Gasteiger partial charge < -0.3 is 9.32 Å². The van der Waals surface area contributed by atoms with Crippen LogP contribution in [0.2, 0.25) is 0 Å². The molecule has 0 bridgehead atoms. The molecule has 0 aliphatic heterocycles. The summed E-state index contributed by atoms with van der Waals surface area (Å²) in [5.74, 6) is 0.930. The molecule has 3 rings (SSSR count). The van der Waals surface area contributed by atoms with E-state index in [0.29, 0.717) is 6.04 Å². The lowest BCUT2D eigenvalue weighted by molar-refractivity contribution is 0.403. The minimum absolute atomic E-state index is 0.00846. The Morgan fingerprint density at radius 1 is 1.25 bits per heavy atom. The quantitative estimate of drug-likeness (QED) is 0.853. The molecule has 0 spiro atoms. The van der Waals surface area contributed by atoms with Crippen molar-refractivity contribution in [2.45, 2.75) is 51.6 Å². The van der Waals surface area contributed by atoms with E-state index in [9.17, 15) is 0 Å². The van der Waals surface area contributed by atoms with Gasteiger partial charge in [0, 0.05) is 17.7 Å². The maximum absolute atomic E-state index is 5.97. The second-order valence-corrected chi connectivity index (χ2v) is 6.44. The molecule has 4 nitrogen and oxygen atoms in total. The standard InChI is InChI=1S/C16H21N3O/c1-16(2,3)14-10-18-15(20-14)19(13-7-8-13)11-12-6-4-5-9-17-12/h4-6,9-10,13H,7-8,11H2,1-3H3. The molecule has 0 radical (unpaired) electrons. The highest BCUT2D eigenvalue weighted by molar-refractivity contribution is 5.33. The Labute approximate surface area is 119 Å². The number of oxazole rings is 1. The molecule has 2 heterocycles. The average molecular weight is 271 g/mol. The molecule has 1 aliphatic rings. The van der Waals surface area contributed by atoms with E-state index in [4.69, 9.17) is 4.42 Å². The number of anilines is 1. The maximum atomic E-state index is 5.97. The number of aromatic nitrogens is 2. The monoisotopic (exact) mass is 271 g/mol. The van der Waals surface area contributed by atoms with Crippen molar-refractivity contribution in [2.24, 2.45) is 0 Å². The number of pyridine rings is 1. The van der Waals surface area contributed by atoms with Crippen LogP contribution in [-0.2, 0) is 12.0 Å². The topological polar surface area (TPSA) is 42.2 Å². The van der Waals surface area contributed by atoms with Crippen LogP contribution in [0.5, 0.6) is 0 Å². The third-order valence-electron chi connectivity index (χ3n) is 3.52. The van der Waals surface area contributed by atoms with Crippen LogP contribution >= 0.6 is 0 Å². The van der Waals surface area contributed by atoms with Crippen molar-refractivity contribution in [3.8, 4) is 0 Å². The molecule has 0 atom stereocenters. The van der Waals surface area contributed by atoms with Gasteiger partial charge in [0.25, 0.3) is 6.01 Å². The first-order valence-electron chi connectivity index (χ1n) is 7.17. The predicted octanol–water partition coefficient (Wildman–Crippen LogP) is 3.54. The molecular weight excluding hydrogens is 250 g/mol. The second kappa shape index (κ2) is 4.93. The largest absolute Gasteiger partial charge is 0.428 e. The highest BCUT2D eigenvalue weighted by Gasteiger charge is 2.33. The summed E-state index contributed by atoms with van der Waals surface area (Å²) in [6.45, 7) is 7.17. The Hall–Kier alpha value is -1.84. The Balaban J connectivity index is 1.82. The van der Waals surface area contributed by atoms with Gasteiger partial charge in [0.2, 0.25) is 0 Å². The maximum Gasteiger partial charge on any atom is 0.298 e. The predicted molar refractivity (Wildman–Crippen MR) is 78.6 cm³/mol. The van der Waals surface area contributed by atoms with E-state index in [1.807, 2.05) is 30.6 Å². The van der Waals surface area contributed by atoms with E-state index in [-0.39, 0.29) is 5.41 Å². The number of hydrogen-bond donors (Lipinski definition) is 0. The molecule has 0 aromatic carbocycles. The summed E-state index contributed by atoms with van der Waals surface area (Å²) in [4.78, 5) is 11.1. The average Bonchev–Trinajstić information content (AvgIpc) is 3.12. The van der Waals surface area contributed by atoms with Crippen molar-refractivity contribution in [3.05, 3.63) is 42.0 Å². The summed E-state index contributed by atoms with van der Waals surface area (Å²) in [7, 11) is 0. The number of hydrogen-bond acceptors (Lipinski definition) is 4. The fourth-order valence-electron chi connectivity index (χ4n) is 2.15. The van der Waals surface area contributed by atoms with Gasteiger partial charge in [-0.25, -0.2) is 4.98 Å². The van der Waals surface area contributed by atoms with Crippen LogP contribution in [0.1, 0.15) is 45.1 Å². The fourth-order valence-corrected chi connectivity index (χ4v) is 2.15. The van der Waals surface area contributed by atoms with E-state index in [1.54, 1.807) is 0 Å². The zero-order chi connectivity index (χ0) is 14.2. The fraction of sp³-hybridized carbons (Fsp3) is 0.500. The van der Waals surface area contributed by atoms with Gasteiger partial charge in [-0.3, -0.25) is 4.98 Å². The first-order valence-corrected chi connectivity index (χ1v) is 7.17. The lowest BCUT2D eigenvalue weighted by Crippen LogP contribution is -2.25. The Bertz CT molecular complexity index is 567. The Kier molecular flexibility index (Phi) is 3.24. The van der Waals surface area contributed by atoms with Gasteiger partial charge >= 0.3 is 0 Å². The zero-order valence-corrected chi connectivity index (χ0v) is 12.3. The molecule has 1 saturated carbocycles. The normalized spacial score (nSPS) is 15.3. The molecule has 106 valence electrons. The van der Waals surface area contributed by atoms with Crippen LogP contribution in [0.25, 0.3) is 0 Å². The Morgan fingerprint density at radius 3 is 2.60 bits per heavy atom. The van der Waals surface area contributed by atoms with Crippen LogP contribution in [0.15, 0.2) is 35.0 Å². The Morgan fingerprint density at radius 2 is 2.05 bits per heavy atom. The van der Waals surface area contributed by atoms with Crippen molar-refractivity contribution < 1.29 is 4.42 Å². The van der Waals surface area contributed by atoms with E-state index in [1.165, 1.54) is 12.8 Å². The lowest BCUT2D eigenvalue weighted by atomic mass is 9.94. The zero-order valence-electron chi connectivity index (χ0n) is 12.3. The van der Waals surface area contributed by atoms with Gasteiger partial charge in [-0.15, -0.1) is 0 Å². The van der Waals surface area contributed by atoms with E-state index in [2.05, 4.69) is 35.6 Å². The summed E-state index contributed by atoms with van der Waals surface area (Å²) >= 11 is 0. The first-order chi connectivity index (χ1) is 9.54. The molecule has 0 saturated heterocycles. The minimum Gasteiger partial charge on any atom is -0.428 e. The van der Waals surface area contributed by atoms with Crippen LogP contribution in [0.4, 0.5) is 6.01 Å². The van der Waals surface area contributed by atoms with Gasteiger partial charge in [-0.2, -0.15) is 0 Å². The van der Waals surface area contributed by atoms with Crippen LogP contribution < -0.4 is 4.90 Å². The van der Waals surface area contributed by atoms with Gasteiger partial charge in [0.1, 0.15) is 5.76 Å². The third-order valence-corrected chi connectivity index (χ3v) is 3.52. The first kappa shape index (κ1) is 13.2. The number of rotatable bonds is 4. The molecule has 1 aliphatic carbocycles. The summed E-state index contributed by atoms with van der Waals surface area (Å²) in [6.07, 6.45) is 6.10. The summed E-state index contributed by atoms with van der Waals surface area (Å²) in [5.41, 5.74) is 1.04. The third kappa shape index (κ3) is 2.84. The van der Waals surface area contributed by atoms with Crippen LogP contribution in [-0.4, -0.2) is 16.0 Å². The van der Waals surface area contributed by atoms with E-state index in [0.717, 1.165) is 24.0 Å². The summed E-state index contributed by atoms with van der Waals surface area (Å²) in [5, 5.41) is 0. The van der Waals surface area contributed by atoms with Crippen molar-refractivity contribution >= 4 is 6.01 Å². The molecule has 4 heteroatoms. The van der Waals surface area contributed by atoms with Crippen molar-refractivity contribution in [1.82, 2.24) is 9.97 Å². The molecule has 0 amide bonds. The molecular formula is C16H21N3O. The van der Waals surface area contributed by atoms with Gasteiger partial charge in [-0.05, 0) is 25.0 Å². The van der Waals surface area contributed by atoms with Gasteiger partial charge in [0.15, 0.2) is 0 Å².